The largest absolute Gasteiger partial charge is 0.477 e. The van der Waals surface area contributed by atoms with E-state index in [1.54, 1.807) is 12.1 Å². The molecule has 6 heteroatoms. The molecule has 4 nitrogen and oxygen atoms in total. The minimum Gasteiger partial charge on any atom is -0.477 e. The minimum absolute atomic E-state index is 0.0352. The molecule has 0 bridgehead atoms. The molecule has 0 aliphatic carbocycles. The fraction of sp³-hybridized carbons (Fsp3) is 0.0769. The van der Waals surface area contributed by atoms with Crippen molar-refractivity contribution in [2.75, 3.05) is 5.32 Å². The summed E-state index contributed by atoms with van der Waals surface area (Å²) in [4.78, 5) is 14.8. The second kappa shape index (κ2) is 6.21. The van der Waals surface area contributed by atoms with Crippen molar-refractivity contribution >= 4 is 45.8 Å². The van der Waals surface area contributed by atoms with Crippen LogP contribution in [0.15, 0.2) is 36.4 Å². The van der Waals surface area contributed by atoms with Crippen molar-refractivity contribution in [2.24, 2.45) is 0 Å². The van der Waals surface area contributed by atoms with Crippen molar-refractivity contribution in [2.45, 2.75) is 6.54 Å². The molecule has 1 aromatic heterocycles. The van der Waals surface area contributed by atoms with Gasteiger partial charge in [-0.3, -0.25) is 0 Å². The highest BCUT2D eigenvalue weighted by Gasteiger charge is 2.06. The molecule has 0 saturated carbocycles. The van der Waals surface area contributed by atoms with Crippen molar-refractivity contribution in [1.29, 1.82) is 0 Å². The summed E-state index contributed by atoms with van der Waals surface area (Å²) in [7, 11) is 0. The molecular weight excluding hydrogens is 379 g/mol. The highest BCUT2D eigenvalue weighted by atomic mass is 127. The van der Waals surface area contributed by atoms with Crippen LogP contribution in [0, 0.1) is 3.57 Å². The van der Waals surface area contributed by atoms with E-state index in [1.165, 1.54) is 6.07 Å². The van der Waals surface area contributed by atoms with E-state index in [0.29, 0.717) is 17.3 Å². The zero-order chi connectivity index (χ0) is 13.8. The van der Waals surface area contributed by atoms with Gasteiger partial charge in [0.05, 0.1) is 22.9 Å². The molecule has 0 aliphatic rings. The third-order valence-electron chi connectivity index (χ3n) is 2.42. The van der Waals surface area contributed by atoms with E-state index in [-0.39, 0.29) is 5.69 Å². The summed E-state index contributed by atoms with van der Waals surface area (Å²) in [5, 5.41) is 12.6. The average molecular weight is 389 g/mol. The molecule has 0 saturated heterocycles. The van der Waals surface area contributed by atoms with E-state index in [4.69, 9.17) is 16.7 Å². The van der Waals surface area contributed by atoms with Crippen molar-refractivity contribution in [3.8, 4) is 0 Å². The smallest absolute Gasteiger partial charge is 0.354 e. The van der Waals surface area contributed by atoms with Gasteiger partial charge in [-0.25, -0.2) is 9.78 Å². The summed E-state index contributed by atoms with van der Waals surface area (Å²) in [6, 6.07) is 10.6. The predicted octanol–water partition coefficient (Wildman–Crippen LogP) is 3.65. The first-order valence-electron chi connectivity index (χ1n) is 5.44. The van der Waals surface area contributed by atoms with Crippen LogP contribution in [-0.2, 0) is 6.54 Å². The lowest BCUT2D eigenvalue weighted by Crippen LogP contribution is -2.06. The molecule has 2 N–H and O–H groups in total. The van der Waals surface area contributed by atoms with E-state index >= 15 is 0 Å². The summed E-state index contributed by atoms with van der Waals surface area (Å²) in [5.41, 5.74) is 1.48. The number of nitrogens with zero attached hydrogens (tertiary/aromatic N) is 1. The maximum atomic E-state index is 10.8. The van der Waals surface area contributed by atoms with Gasteiger partial charge in [0, 0.05) is 3.57 Å². The Bertz CT molecular complexity index is 619. The predicted molar refractivity (Wildman–Crippen MR) is 82.7 cm³/mol. The lowest BCUT2D eigenvalue weighted by atomic mass is 10.2. The number of aromatic carboxylic acids is 1. The van der Waals surface area contributed by atoms with E-state index in [2.05, 4.69) is 32.9 Å². The van der Waals surface area contributed by atoms with Gasteiger partial charge in [0.1, 0.15) is 5.69 Å². The third-order valence-corrected chi connectivity index (χ3v) is 3.40. The Hall–Kier alpha value is -1.34. The van der Waals surface area contributed by atoms with Crippen LogP contribution in [0.2, 0.25) is 5.02 Å². The summed E-state index contributed by atoms with van der Waals surface area (Å²) in [6.07, 6.45) is 0. The number of nitrogens with one attached hydrogen (secondary N) is 1. The number of aromatic nitrogens is 1. The van der Waals surface area contributed by atoms with Crippen LogP contribution in [-0.4, -0.2) is 16.1 Å². The van der Waals surface area contributed by atoms with Crippen LogP contribution in [0.1, 0.15) is 16.2 Å². The van der Waals surface area contributed by atoms with Crippen LogP contribution < -0.4 is 5.32 Å². The van der Waals surface area contributed by atoms with Crippen molar-refractivity contribution in [3.63, 3.8) is 0 Å². The van der Waals surface area contributed by atoms with E-state index in [0.717, 1.165) is 9.26 Å². The van der Waals surface area contributed by atoms with Gasteiger partial charge in [-0.05, 0) is 52.9 Å². The highest BCUT2D eigenvalue weighted by molar-refractivity contribution is 14.1. The van der Waals surface area contributed by atoms with Gasteiger partial charge < -0.3 is 10.4 Å². The van der Waals surface area contributed by atoms with Gasteiger partial charge in [0.15, 0.2) is 0 Å². The maximum Gasteiger partial charge on any atom is 0.354 e. The highest BCUT2D eigenvalue weighted by Crippen LogP contribution is 2.24. The molecule has 2 rings (SSSR count). The van der Waals surface area contributed by atoms with E-state index in [1.807, 2.05) is 18.2 Å². The molecule has 1 heterocycles. The number of anilines is 1. The first kappa shape index (κ1) is 14.1. The Labute approximate surface area is 129 Å². The molecule has 0 amide bonds. The van der Waals surface area contributed by atoms with Crippen LogP contribution in [0.3, 0.4) is 0 Å². The third kappa shape index (κ3) is 3.81. The maximum absolute atomic E-state index is 10.8. The van der Waals surface area contributed by atoms with Crippen LogP contribution >= 0.6 is 34.2 Å². The number of hydrogen-bond donors (Lipinski definition) is 2. The second-order valence-corrected chi connectivity index (χ2v) is 5.45. The quantitative estimate of drug-likeness (QED) is 0.785. The molecule has 2 aromatic rings. The first-order chi connectivity index (χ1) is 9.06. The molecule has 98 valence electrons. The Balaban J connectivity index is 2.10. The molecular formula is C13H10ClIN2O2. The van der Waals surface area contributed by atoms with Crippen molar-refractivity contribution in [1.82, 2.24) is 4.98 Å². The molecule has 0 spiro atoms. The summed E-state index contributed by atoms with van der Waals surface area (Å²) in [6.45, 7) is 0.418. The number of carbonyl (C=O) groups is 1. The standard InChI is InChI=1S/C13H10ClIN2O2/c14-10-6-8(15)4-5-11(10)16-7-9-2-1-3-12(17-9)13(18)19/h1-6,16H,7H2,(H,18,19). The number of hydrogen-bond acceptors (Lipinski definition) is 3. The zero-order valence-corrected chi connectivity index (χ0v) is 12.6. The number of benzene rings is 1. The van der Waals surface area contributed by atoms with Gasteiger partial charge in [0.25, 0.3) is 0 Å². The van der Waals surface area contributed by atoms with Crippen molar-refractivity contribution < 1.29 is 9.90 Å². The van der Waals surface area contributed by atoms with Crippen LogP contribution in [0.5, 0.6) is 0 Å². The summed E-state index contributed by atoms with van der Waals surface area (Å²) < 4.78 is 1.05. The number of rotatable bonds is 4. The fourth-order valence-electron chi connectivity index (χ4n) is 1.52. The van der Waals surface area contributed by atoms with Gasteiger partial charge in [-0.15, -0.1) is 0 Å². The van der Waals surface area contributed by atoms with E-state index < -0.39 is 5.97 Å². The number of halogens is 2. The number of carboxylic acid groups (broad SMARTS) is 1. The fourth-order valence-corrected chi connectivity index (χ4v) is 2.44. The van der Waals surface area contributed by atoms with Gasteiger partial charge >= 0.3 is 5.97 Å². The molecule has 0 atom stereocenters. The average Bonchev–Trinajstić information content (AvgIpc) is 2.38. The topological polar surface area (TPSA) is 62.2 Å². The lowest BCUT2D eigenvalue weighted by Gasteiger charge is -2.08. The Morgan fingerprint density at radius 2 is 2.16 bits per heavy atom. The summed E-state index contributed by atoms with van der Waals surface area (Å²) >= 11 is 8.28. The number of pyridine rings is 1. The molecule has 0 fully saturated rings. The number of carboxylic acids is 1. The molecule has 0 unspecified atom stereocenters. The molecule has 19 heavy (non-hydrogen) atoms. The van der Waals surface area contributed by atoms with Crippen LogP contribution in [0.25, 0.3) is 0 Å². The first-order valence-corrected chi connectivity index (χ1v) is 6.90. The normalized spacial score (nSPS) is 10.2. The molecule has 0 radical (unpaired) electrons. The van der Waals surface area contributed by atoms with Gasteiger partial charge in [-0.2, -0.15) is 0 Å². The van der Waals surface area contributed by atoms with Crippen molar-refractivity contribution in [3.05, 3.63) is 56.4 Å². The monoisotopic (exact) mass is 388 g/mol. The molecule has 1 aromatic carbocycles. The van der Waals surface area contributed by atoms with Gasteiger partial charge in [-0.1, -0.05) is 17.7 Å². The zero-order valence-electron chi connectivity index (χ0n) is 9.73. The van der Waals surface area contributed by atoms with Crippen LogP contribution in [0.4, 0.5) is 5.69 Å². The Morgan fingerprint density at radius 3 is 2.84 bits per heavy atom. The SMILES string of the molecule is O=C(O)c1cccc(CNc2ccc(I)cc2Cl)n1. The second-order valence-electron chi connectivity index (χ2n) is 3.80. The minimum atomic E-state index is -1.03. The Morgan fingerprint density at radius 1 is 1.37 bits per heavy atom. The lowest BCUT2D eigenvalue weighted by molar-refractivity contribution is 0.0690. The van der Waals surface area contributed by atoms with Gasteiger partial charge in [0.2, 0.25) is 0 Å². The molecule has 0 aliphatic heterocycles. The summed E-state index contributed by atoms with van der Waals surface area (Å²) in [5.74, 6) is -1.03. The Kier molecular flexibility index (Phi) is 4.60. The van der Waals surface area contributed by atoms with E-state index in [9.17, 15) is 4.79 Å².